The molecule has 0 radical (unpaired) electrons. The van der Waals surface area contributed by atoms with Crippen LogP contribution in [0.15, 0.2) is 23.2 Å². The van der Waals surface area contributed by atoms with Gasteiger partial charge < -0.3 is 20.1 Å². The molecule has 1 saturated carbocycles. The van der Waals surface area contributed by atoms with Crippen LogP contribution in [0.25, 0.3) is 0 Å². The summed E-state index contributed by atoms with van der Waals surface area (Å²) in [5, 5.41) is 6.74. The molecule has 0 atom stereocenters. The molecule has 128 valence electrons. The molecule has 5 heteroatoms. The zero-order valence-corrected chi connectivity index (χ0v) is 14.5. The van der Waals surface area contributed by atoms with Gasteiger partial charge in [-0.05, 0) is 37.3 Å². The Hall–Kier alpha value is -1.75. The van der Waals surface area contributed by atoms with Gasteiger partial charge in [-0.15, -0.1) is 0 Å². The summed E-state index contributed by atoms with van der Waals surface area (Å²) in [4.78, 5) is 4.27. The van der Waals surface area contributed by atoms with E-state index in [-0.39, 0.29) is 0 Å². The number of methoxy groups -OCH3 is 1. The Morgan fingerprint density at radius 2 is 2.09 bits per heavy atom. The molecule has 1 fully saturated rings. The molecule has 1 aliphatic carbocycles. The summed E-state index contributed by atoms with van der Waals surface area (Å²) in [6.07, 6.45) is 3.56. The summed E-state index contributed by atoms with van der Waals surface area (Å²) in [5.74, 6) is 2.61. The Morgan fingerprint density at radius 3 is 2.78 bits per heavy atom. The van der Waals surface area contributed by atoms with Crippen molar-refractivity contribution in [1.29, 1.82) is 0 Å². The van der Waals surface area contributed by atoms with Crippen LogP contribution in [-0.2, 0) is 11.3 Å². The van der Waals surface area contributed by atoms with Crippen molar-refractivity contribution in [2.24, 2.45) is 10.9 Å². The molecule has 1 aliphatic rings. The predicted molar refractivity (Wildman–Crippen MR) is 94.1 cm³/mol. The van der Waals surface area contributed by atoms with Crippen molar-refractivity contribution in [2.75, 3.05) is 33.9 Å². The number of benzene rings is 1. The molecular weight excluding hydrogens is 290 g/mol. The Bertz CT molecular complexity index is 513. The average Bonchev–Trinajstić information content (AvgIpc) is 3.37. The van der Waals surface area contributed by atoms with Crippen LogP contribution in [0.5, 0.6) is 5.75 Å². The van der Waals surface area contributed by atoms with Gasteiger partial charge in [-0.2, -0.15) is 0 Å². The third kappa shape index (κ3) is 6.48. The first-order chi connectivity index (χ1) is 11.2. The van der Waals surface area contributed by atoms with Gasteiger partial charge >= 0.3 is 0 Å². The van der Waals surface area contributed by atoms with E-state index in [1.54, 1.807) is 14.2 Å². The minimum Gasteiger partial charge on any atom is -0.493 e. The first-order valence-electron chi connectivity index (χ1n) is 8.38. The molecule has 2 N–H and O–H groups in total. The third-order valence-electron chi connectivity index (χ3n) is 3.90. The van der Waals surface area contributed by atoms with Crippen LogP contribution in [0.4, 0.5) is 0 Å². The van der Waals surface area contributed by atoms with Crippen LogP contribution in [-0.4, -0.2) is 39.9 Å². The van der Waals surface area contributed by atoms with E-state index in [0.717, 1.165) is 42.8 Å². The van der Waals surface area contributed by atoms with Crippen LogP contribution in [0.1, 0.15) is 30.4 Å². The standard InChI is InChI=1S/C18H29N3O2/c1-14-5-8-16(17(11-14)23-10-4-9-22-3)13-21-18(19-2)20-12-15-6-7-15/h5,8,11,15H,4,6-7,9-10,12-13H2,1-3H3,(H2,19,20,21). The maximum absolute atomic E-state index is 5.91. The summed E-state index contributed by atoms with van der Waals surface area (Å²) < 4.78 is 11.0. The number of hydrogen-bond donors (Lipinski definition) is 2. The Labute approximate surface area is 139 Å². The number of ether oxygens (including phenoxy) is 2. The monoisotopic (exact) mass is 319 g/mol. The lowest BCUT2D eigenvalue weighted by Gasteiger charge is -2.15. The summed E-state index contributed by atoms with van der Waals surface area (Å²) in [6, 6.07) is 6.31. The lowest BCUT2D eigenvalue weighted by Crippen LogP contribution is -2.37. The van der Waals surface area contributed by atoms with E-state index < -0.39 is 0 Å². The van der Waals surface area contributed by atoms with Gasteiger partial charge in [0.05, 0.1) is 6.61 Å². The van der Waals surface area contributed by atoms with E-state index in [4.69, 9.17) is 9.47 Å². The topological polar surface area (TPSA) is 54.9 Å². The van der Waals surface area contributed by atoms with Gasteiger partial charge in [-0.1, -0.05) is 12.1 Å². The highest BCUT2D eigenvalue weighted by Crippen LogP contribution is 2.27. The third-order valence-corrected chi connectivity index (χ3v) is 3.90. The first-order valence-corrected chi connectivity index (χ1v) is 8.38. The number of guanidine groups is 1. The zero-order chi connectivity index (χ0) is 16.5. The second-order valence-electron chi connectivity index (χ2n) is 6.06. The van der Waals surface area contributed by atoms with Crippen molar-refractivity contribution in [1.82, 2.24) is 10.6 Å². The van der Waals surface area contributed by atoms with Crippen molar-refractivity contribution < 1.29 is 9.47 Å². The van der Waals surface area contributed by atoms with Gasteiger partial charge in [0.25, 0.3) is 0 Å². The molecule has 0 bridgehead atoms. The average molecular weight is 319 g/mol. The van der Waals surface area contributed by atoms with Gasteiger partial charge in [-0.25, -0.2) is 0 Å². The molecule has 23 heavy (non-hydrogen) atoms. The molecule has 0 amide bonds. The molecule has 5 nitrogen and oxygen atoms in total. The number of hydrogen-bond acceptors (Lipinski definition) is 3. The molecule has 1 aromatic carbocycles. The molecule has 0 spiro atoms. The molecule has 0 aromatic heterocycles. The molecule has 0 saturated heterocycles. The van der Waals surface area contributed by atoms with Gasteiger partial charge in [0.15, 0.2) is 5.96 Å². The Kier molecular flexibility index (Phi) is 7.20. The van der Waals surface area contributed by atoms with Gasteiger partial charge in [0.2, 0.25) is 0 Å². The van der Waals surface area contributed by atoms with Crippen molar-refractivity contribution in [3.8, 4) is 5.75 Å². The maximum Gasteiger partial charge on any atom is 0.191 e. The van der Waals surface area contributed by atoms with Crippen molar-refractivity contribution in [3.05, 3.63) is 29.3 Å². The smallest absolute Gasteiger partial charge is 0.191 e. The minimum absolute atomic E-state index is 0.666. The van der Waals surface area contributed by atoms with Crippen molar-refractivity contribution in [3.63, 3.8) is 0 Å². The van der Waals surface area contributed by atoms with Crippen LogP contribution < -0.4 is 15.4 Å². The van der Waals surface area contributed by atoms with E-state index >= 15 is 0 Å². The van der Waals surface area contributed by atoms with Gasteiger partial charge in [0, 0.05) is 45.8 Å². The van der Waals surface area contributed by atoms with E-state index in [2.05, 4.69) is 40.7 Å². The number of aliphatic imine (C=N–C) groups is 1. The fraction of sp³-hybridized carbons (Fsp3) is 0.611. The van der Waals surface area contributed by atoms with Crippen LogP contribution >= 0.6 is 0 Å². The number of nitrogens with zero attached hydrogens (tertiary/aromatic N) is 1. The molecule has 1 aromatic rings. The van der Waals surface area contributed by atoms with Crippen LogP contribution in [0.3, 0.4) is 0 Å². The molecule has 0 aliphatic heterocycles. The highest BCUT2D eigenvalue weighted by atomic mass is 16.5. The highest BCUT2D eigenvalue weighted by Gasteiger charge is 2.21. The summed E-state index contributed by atoms with van der Waals surface area (Å²) in [7, 11) is 3.52. The first kappa shape index (κ1) is 17.6. The lowest BCUT2D eigenvalue weighted by atomic mass is 10.1. The lowest BCUT2D eigenvalue weighted by molar-refractivity contribution is 0.172. The fourth-order valence-electron chi connectivity index (χ4n) is 2.29. The molecule has 2 rings (SSSR count). The zero-order valence-electron chi connectivity index (χ0n) is 14.5. The van der Waals surface area contributed by atoms with E-state index in [9.17, 15) is 0 Å². The van der Waals surface area contributed by atoms with E-state index in [1.807, 2.05) is 0 Å². The number of rotatable bonds is 9. The SMILES string of the molecule is CN=C(NCc1ccc(C)cc1OCCCOC)NCC1CC1. The van der Waals surface area contributed by atoms with Crippen molar-refractivity contribution >= 4 is 5.96 Å². The quantitative estimate of drug-likeness (QED) is 0.417. The summed E-state index contributed by atoms with van der Waals surface area (Å²) >= 11 is 0. The Balaban J connectivity index is 1.86. The fourth-order valence-corrected chi connectivity index (χ4v) is 2.29. The predicted octanol–water partition coefficient (Wildman–Crippen LogP) is 2.49. The highest BCUT2D eigenvalue weighted by molar-refractivity contribution is 5.79. The number of aryl methyl sites for hydroxylation is 1. The maximum atomic E-state index is 5.91. The molecule has 0 unspecified atom stereocenters. The van der Waals surface area contributed by atoms with Gasteiger partial charge in [-0.3, -0.25) is 4.99 Å². The molecule has 0 heterocycles. The second kappa shape index (κ2) is 9.40. The number of nitrogens with one attached hydrogen (secondary N) is 2. The van der Waals surface area contributed by atoms with Crippen LogP contribution in [0, 0.1) is 12.8 Å². The second-order valence-corrected chi connectivity index (χ2v) is 6.06. The molecular formula is C18H29N3O2. The van der Waals surface area contributed by atoms with E-state index in [0.29, 0.717) is 13.2 Å². The van der Waals surface area contributed by atoms with E-state index in [1.165, 1.54) is 18.4 Å². The Morgan fingerprint density at radius 1 is 1.26 bits per heavy atom. The normalized spacial score (nSPS) is 14.7. The summed E-state index contributed by atoms with van der Waals surface area (Å²) in [5.41, 5.74) is 2.34. The minimum atomic E-state index is 0.666. The van der Waals surface area contributed by atoms with Gasteiger partial charge in [0.1, 0.15) is 5.75 Å². The largest absolute Gasteiger partial charge is 0.493 e. The van der Waals surface area contributed by atoms with Crippen LogP contribution in [0.2, 0.25) is 0 Å². The summed E-state index contributed by atoms with van der Waals surface area (Å²) in [6.45, 7) is 5.17. The van der Waals surface area contributed by atoms with Crippen molar-refractivity contribution in [2.45, 2.75) is 32.7 Å².